The Hall–Kier alpha value is -3.54. The highest BCUT2D eigenvalue weighted by atomic mass is 16.4. The molecule has 4 aromatic rings. The average Bonchev–Trinajstić information content (AvgIpc) is 2.83. The van der Waals surface area contributed by atoms with Crippen molar-refractivity contribution in [2.45, 2.75) is 25.5 Å². The van der Waals surface area contributed by atoms with Crippen LogP contribution in [0.1, 0.15) is 34.5 Å². The van der Waals surface area contributed by atoms with Crippen molar-refractivity contribution in [1.82, 2.24) is 10.3 Å². The van der Waals surface area contributed by atoms with Crippen LogP contribution in [-0.2, 0) is 6.42 Å². The highest BCUT2D eigenvalue weighted by Gasteiger charge is 2.13. The maximum atomic E-state index is 11.6. The Kier molecular flexibility index (Phi) is 6.59. The first-order chi connectivity index (χ1) is 15.5. The van der Waals surface area contributed by atoms with Gasteiger partial charge in [-0.05, 0) is 52.9 Å². The van der Waals surface area contributed by atoms with E-state index < -0.39 is 12.1 Å². The zero-order valence-electron chi connectivity index (χ0n) is 17.9. The number of aliphatic hydroxyl groups is 1. The quantitative estimate of drug-likeness (QED) is 0.375. The largest absolute Gasteiger partial charge is 0.478 e. The third-order valence-corrected chi connectivity index (χ3v) is 5.69. The molecular formula is C27H26N2O3. The number of rotatable bonds is 8. The van der Waals surface area contributed by atoms with Crippen LogP contribution in [0, 0.1) is 0 Å². The van der Waals surface area contributed by atoms with E-state index in [4.69, 9.17) is 0 Å². The second kappa shape index (κ2) is 9.73. The first-order valence-corrected chi connectivity index (χ1v) is 10.7. The number of carboxylic acid groups (broad SMARTS) is 1. The van der Waals surface area contributed by atoms with E-state index in [-0.39, 0.29) is 6.04 Å². The lowest BCUT2D eigenvalue weighted by atomic mass is 9.94. The summed E-state index contributed by atoms with van der Waals surface area (Å²) >= 11 is 0. The Bertz CT molecular complexity index is 1210. The van der Waals surface area contributed by atoms with Crippen LogP contribution in [0.25, 0.3) is 21.9 Å². The summed E-state index contributed by atoms with van der Waals surface area (Å²) in [7, 11) is 0. The maximum Gasteiger partial charge on any atom is 0.336 e. The van der Waals surface area contributed by atoms with Crippen LogP contribution >= 0.6 is 0 Å². The van der Waals surface area contributed by atoms with Gasteiger partial charge in [0, 0.05) is 30.5 Å². The number of benzene rings is 3. The third-order valence-electron chi connectivity index (χ3n) is 5.69. The van der Waals surface area contributed by atoms with Gasteiger partial charge in [0.2, 0.25) is 0 Å². The predicted octanol–water partition coefficient (Wildman–Crippen LogP) is 4.85. The van der Waals surface area contributed by atoms with E-state index in [1.54, 1.807) is 18.5 Å². The van der Waals surface area contributed by atoms with Gasteiger partial charge in [-0.1, -0.05) is 60.7 Å². The molecule has 4 rings (SSSR count). The van der Waals surface area contributed by atoms with Crippen molar-refractivity contribution >= 4 is 16.7 Å². The Morgan fingerprint density at radius 3 is 2.41 bits per heavy atom. The number of carbonyl (C=O) groups is 1. The Morgan fingerprint density at radius 1 is 0.969 bits per heavy atom. The van der Waals surface area contributed by atoms with Crippen molar-refractivity contribution < 1.29 is 15.0 Å². The molecule has 1 heterocycles. The van der Waals surface area contributed by atoms with E-state index in [2.05, 4.69) is 41.5 Å². The minimum absolute atomic E-state index is 0.197. The maximum absolute atomic E-state index is 11.6. The molecule has 0 aliphatic heterocycles. The fourth-order valence-electron chi connectivity index (χ4n) is 3.99. The summed E-state index contributed by atoms with van der Waals surface area (Å²) in [6.45, 7) is 2.56. The molecule has 32 heavy (non-hydrogen) atoms. The van der Waals surface area contributed by atoms with Crippen LogP contribution in [0.4, 0.5) is 0 Å². The van der Waals surface area contributed by atoms with E-state index in [1.807, 2.05) is 42.5 Å². The van der Waals surface area contributed by atoms with Crippen LogP contribution < -0.4 is 5.32 Å². The van der Waals surface area contributed by atoms with Crippen LogP contribution in [0.15, 0.2) is 85.2 Å². The first kappa shape index (κ1) is 21.7. The standard InChI is InChI=1S/C27H26N2O3/c1-18(29-17-26(30)21-5-4-14-28-16-21)15-19-8-10-20(11-9-19)22-12-13-25(27(31)32)24-7-3-2-6-23(22)24/h2-14,16,18,26,29-30H,15,17H2,1H3,(H,31,32)/t18-,26+/m1/s1. The molecule has 0 saturated carbocycles. The molecule has 5 heteroatoms. The van der Waals surface area contributed by atoms with Crippen LogP contribution in [0.3, 0.4) is 0 Å². The lowest BCUT2D eigenvalue weighted by Gasteiger charge is -2.17. The van der Waals surface area contributed by atoms with Crippen molar-refractivity contribution in [2.24, 2.45) is 0 Å². The Balaban J connectivity index is 1.45. The van der Waals surface area contributed by atoms with Gasteiger partial charge in [-0.2, -0.15) is 0 Å². The Labute approximate surface area is 187 Å². The third kappa shape index (κ3) is 4.85. The molecule has 0 fully saturated rings. The van der Waals surface area contributed by atoms with Gasteiger partial charge in [0.1, 0.15) is 0 Å². The fourth-order valence-corrected chi connectivity index (χ4v) is 3.99. The van der Waals surface area contributed by atoms with E-state index in [9.17, 15) is 15.0 Å². The van der Waals surface area contributed by atoms with Crippen molar-refractivity contribution in [3.8, 4) is 11.1 Å². The molecule has 5 nitrogen and oxygen atoms in total. The molecule has 0 aliphatic rings. The van der Waals surface area contributed by atoms with Crippen molar-refractivity contribution in [3.63, 3.8) is 0 Å². The number of aromatic nitrogens is 1. The highest BCUT2D eigenvalue weighted by Crippen LogP contribution is 2.31. The zero-order chi connectivity index (χ0) is 22.5. The van der Waals surface area contributed by atoms with Crippen molar-refractivity contribution in [2.75, 3.05) is 6.54 Å². The van der Waals surface area contributed by atoms with Crippen LogP contribution in [0.2, 0.25) is 0 Å². The summed E-state index contributed by atoms with van der Waals surface area (Å²) in [4.78, 5) is 15.6. The van der Waals surface area contributed by atoms with E-state index in [1.165, 1.54) is 5.56 Å². The number of pyridine rings is 1. The van der Waals surface area contributed by atoms with Gasteiger partial charge < -0.3 is 15.5 Å². The number of aromatic carboxylic acids is 1. The molecule has 2 atom stereocenters. The molecule has 0 saturated heterocycles. The molecule has 3 N–H and O–H groups in total. The van der Waals surface area contributed by atoms with Gasteiger partial charge in [0.25, 0.3) is 0 Å². The lowest BCUT2D eigenvalue weighted by Crippen LogP contribution is -2.32. The van der Waals surface area contributed by atoms with E-state index in [0.717, 1.165) is 33.9 Å². The molecule has 0 unspecified atom stereocenters. The van der Waals surface area contributed by atoms with E-state index >= 15 is 0 Å². The number of carboxylic acids is 1. The second-order valence-electron chi connectivity index (χ2n) is 8.02. The average molecular weight is 427 g/mol. The van der Waals surface area contributed by atoms with Crippen molar-refractivity contribution in [1.29, 1.82) is 0 Å². The highest BCUT2D eigenvalue weighted by molar-refractivity contribution is 6.08. The number of fused-ring (bicyclic) bond motifs is 1. The summed E-state index contributed by atoms with van der Waals surface area (Å²) in [5.74, 6) is -0.918. The van der Waals surface area contributed by atoms with Crippen molar-refractivity contribution in [3.05, 3.63) is 102 Å². The topological polar surface area (TPSA) is 82.5 Å². The van der Waals surface area contributed by atoms with E-state index in [0.29, 0.717) is 12.1 Å². The fraction of sp³-hybridized carbons (Fsp3) is 0.185. The summed E-state index contributed by atoms with van der Waals surface area (Å²) in [5, 5.41) is 24.8. The molecule has 0 bridgehead atoms. The van der Waals surface area contributed by atoms with Gasteiger partial charge >= 0.3 is 5.97 Å². The number of hydrogen-bond acceptors (Lipinski definition) is 4. The summed E-state index contributed by atoms with van der Waals surface area (Å²) in [6, 6.07) is 23.4. The number of nitrogens with one attached hydrogen (secondary N) is 1. The molecule has 0 spiro atoms. The number of aliphatic hydroxyl groups excluding tert-OH is 1. The van der Waals surface area contributed by atoms with Gasteiger partial charge in [-0.15, -0.1) is 0 Å². The smallest absolute Gasteiger partial charge is 0.336 e. The minimum atomic E-state index is -0.918. The summed E-state index contributed by atoms with van der Waals surface area (Å²) in [5.41, 5.74) is 4.38. The SMILES string of the molecule is C[C@H](Cc1ccc(-c2ccc(C(=O)O)c3ccccc23)cc1)NC[C@H](O)c1cccnc1. The van der Waals surface area contributed by atoms with Crippen LogP contribution in [0.5, 0.6) is 0 Å². The molecule has 0 aliphatic carbocycles. The molecule has 0 radical (unpaired) electrons. The van der Waals surface area contributed by atoms with Gasteiger partial charge in [0.05, 0.1) is 11.7 Å². The number of nitrogens with zero attached hydrogens (tertiary/aromatic N) is 1. The van der Waals surface area contributed by atoms with Gasteiger partial charge in [-0.3, -0.25) is 4.98 Å². The molecule has 162 valence electrons. The van der Waals surface area contributed by atoms with Crippen LogP contribution in [-0.4, -0.2) is 33.8 Å². The normalized spacial score (nSPS) is 13.1. The summed E-state index contributed by atoms with van der Waals surface area (Å²) in [6.07, 6.45) is 3.62. The summed E-state index contributed by atoms with van der Waals surface area (Å²) < 4.78 is 0. The monoisotopic (exact) mass is 426 g/mol. The zero-order valence-corrected chi connectivity index (χ0v) is 17.9. The Morgan fingerprint density at radius 2 is 1.72 bits per heavy atom. The molecule has 1 aromatic heterocycles. The minimum Gasteiger partial charge on any atom is -0.478 e. The first-order valence-electron chi connectivity index (χ1n) is 10.7. The molecule has 3 aromatic carbocycles. The molecule has 0 amide bonds. The second-order valence-corrected chi connectivity index (χ2v) is 8.02. The number of hydrogen-bond donors (Lipinski definition) is 3. The van der Waals surface area contributed by atoms with Gasteiger partial charge in [0.15, 0.2) is 0 Å². The van der Waals surface area contributed by atoms with Gasteiger partial charge in [-0.25, -0.2) is 4.79 Å². The molecular weight excluding hydrogens is 400 g/mol. The predicted molar refractivity (Wildman–Crippen MR) is 127 cm³/mol. The lowest BCUT2D eigenvalue weighted by molar-refractivity contribution is 0.0699.